The zero-order valence-corrected chi connectivity index (χ0v) is 16.0. The van der Waals surface area contributed by atoms with Gasteiger partial charge in [0.1, 0.15) is 5.82 Å². The summed E-state index contributed by atoms with van der Waals surface area (Å²) >= 11 is 0. The number of carbonyl (C=O) groups is 1. The Kier molecular flexibility index (Phi) is 6.62. The van der Waals surface area contributed by atoms with Gasteiger partial charge in [-0.15, -0.1) is 0 Å². The number of nitrogens with zero attached hydrogens (tertiary/aromatic N) is 3. The summed E-state index contributed by atoms with van der Waals surface area (Å²) in [4.78, 5) is 18.8. The Bertz CT molecular complexity index is 691. The lowest BCUT2D eigenvalue weighted by molar-refractivity contribution is 0.183. The monoisotopic (exact) mass is 342 g/mol. The molecule has 0 bridgehead atoms. The number of nitrogens with one attached hydrogen (secondary N) is 1. The highest BCUT2D eigenvalue weighted by Crippen LogP contribution is 2.11. The van der Waals surface area contributed by atoms with Crippen molar-refractivity contribution in [1.29, 1.82) is 0 Å². The number of hydrogen-bond donors (Lipinski definition) is 1. The molecule has 2 rings (SSSR count). The molecule has 0 radical (unpaired) electrons. The molecule has 0 atom stereocenters. The van der Waals surface area contributed by atoms with Gasteiger partial charge in [0.25, 0.3) is 0 Å². The summed E-state index contributed by atoms with van der Waals surface area (Å²) < 4.78 is 2.12. The van der Waals surface area contributed by atoms with Crippen molar-refractivity contribution >= 4 is 6.03 Å². The molecule has 0 saturated heterocycles. The van der Waals surface area contributed by atoms with E-state index < -0.39 is 0 Å². The summed E-state index contributed by atoms with van der Waals surface area (Å²) in [6, 6.07) is 8.56. The maximum absolute atomic E-state index is 12.5. The molecule has 0 aliphatic rings. The number of hydrogen-bond acceptors (Lipinski definition) is 2. The van der Waals surface area contributed by atoms with Crippen LogP contribution in [0.1, 0.15) is 44.6 Å². The maximum Gasteiger partial charge on any atom is 0.318 e. The van der Waals surface area contributed by atoms with Crippen LogP contribution in [0.4, 0.5) is 4.79 Å². The summed E-state index contributed by atoms with van der Waals surface area (Å²) in [6.07, 6.45) is 3.78. The summed E-state index contributed by atoms with van der Waals surface area (Å²) in [5, 5.41) is 2.99. The first-order valence-electron chi connectivity index (χ1n) is 8.96. The van der Waals surface area contributed by atoms with E-state index in [4.69, 9.17) is 0 Å². The van der Waals surface area contributed by atoms with Crippen LogP contribution in [0.2, 0.25) is 0 Å². The van der Waals surface area contributed by atoms with E-state index in [0.717, 1.165) is 12.4 Å². The molecule has 1 aromatic heterocycles. The van der Waals surface area contributed by atoms with Gasteiger partial charge in [-0.25, -0.2) is 9.78 Å². The summed E-state index contributed by atoms with van der Waals surface area (Å²) in [6.45, 7) is 12.3. The van der Waals surface area contributed by atoms with E-state index in [0.29, 0.717) is 19.0 Å². The molecule has 0 aliphatic heterocycles. The van der Waals surface area contributed by atoms with E-state index in [9.17, 15) is 4.79 Å². The van der Waals surface area contributed by atoms with E-state index in [1.807, 2.05) is 24.9 Å². The molecule has 1 heterocycles. The number of imidazole rings is 1. The van der Waals surface area contributed by atoms with E-state index >= 15 is 0 Å². The molecule has 25 heavy (non-hydrogen) atoms. The molecule has 0 saturated carbocycles. The van der Waals surface area contributed by atoms with Gasteiger partial charge in [-0.1, -0.05) is 43.7 Å². The van der Waals surface area contributed by atoms with Crippen molar-refractivity contribution in [3.8, 4) is 0 Å². The van der Waals surface area contributed by atoms with Crippen molar-refractivity contribution in [2.45, 2.75) is 53.8 Å². The number of benzene rings is 1. The molecular weight excluding hydrogens is 312 g/mol. The van der Waals surface area contributed by atoms with E-state index in [2.05, 4.69) is 59.9 Å². The predicted molar refractivity (Wildman–Crippen MR) is 101 cm³/mol. The van der Waals surface area contributed by atoms with Crippen molar-refractivity contribution < 1.29 is 4.79 Å². The molecule has 0 unspecified atom stereocenters. The predicted octanol–water partition coefficient (Wildman–Crippen LogP) is 3.82. The number of urea groups is 1. The first kappa shape index (κ1) is 19.0. The smallest absolute Gasteiger partial charge is 0.318 e. The van der Waals surface area contributed by atoms with E-state index in [-0.39, 0.29) is 12.1 Å². The van der Waals surface area contributed by atoms with Crippen molar-refractivity contribution in [1.82, 2.24) is 19.8 Å². The highest BCUT2D eigenvalue weighted by atomic mass is 16.2. The molecule has 2 amide bonds. The third kappa shape index (κ3) is 5.93. The van der Waals surface area contributed by atoms with Gasteiger partial charge in [-0.05, 0) is 32.3 Å². The van der Waals surface area contributed by atoms with Crippen LogP contribution in [0.15, 0.2) is 36.7 Å². The van der Waals surface area contributed by atoms with Crippen LogP contribution in [0.25, 0.3) is 0 Å². The van der Waals surface area contributed by atoms with Crippen molar-refractivity contribution in [2.24, 2.45) is 5.92 Å². The van der Waals surface area contributed by atoms with Crippen LogP contribution < -0.4 is 5.32 Å². The molecule has 5 heteroatoms. The van der Waals surface area contributed by atoms with Crippen LogP contribution >= 0.6 is 0 Å². The molecule has 0 aliphatic carbocycles. The number of aromatic nitrogens is 2. The van der Waals surface area contributed by atoms with Crippen LogP contribution in [0, 0.1) is 12.8 Å². The first-order valence-corrected chi connectivity index (χ1v) is 8.96. The second-order valence-electron chi connectivity index (χ2n) is 7.34. The normalized spacial score (nSPS) is 11.2. The van der Waals surface area contributed by atoms with Gasteiger partial charge < -0.3 is 14.8 Å². The summed E-state index contributed by atoms with van der Waals surface area (Å²) in [5.74, 6) is 1.30. The molecule has 5 nitrogen and oxygen atoms in total. The Morgan fingerprint density at radius 3 is 2.68 bits per heavy atom. The van der Waals surface area contributed by atoms with Gasteiger partial charge in [0, 0.05) is 31.5 Å². The molecule has 1 aromatic carbocycles. The number of aryl methyl sites for hydroxylation is 1. The Labute approximate surface area is 151 Å². The molecule has 0 fully saturated rings. The fourth-order valence-electron chi connectivity index (χ4n) is 2.81. The highest BCUT2D eigenvalue weighted by Gasteiger charge is 2.18. The maximum atomic E-state index is 12.5. The average molecular weight is 342 g/mol. The van der Waals surface area contributed by atoms with Gasteiger partial charge in [-0.2, -0.15) is 0 Å². The van der Waals surface area contributed by atoms with Crippen LogP contribution in [-0.4, -0.2) is 33.1 Å². The Hall–Kier alpha value is -2.30. The lowest BCUT2D eigenvalue weighted by Gasteiger charge is -2.26. The van der Waals surface area contributed by atoms with Gasteiger partial charge in [0.15, 0.2) is 0 Å². The summed E-state index contributed by atoms with van der Waals surface area (Å²) in [7, 11) is 0. The topological polar surface area (TPSA) is 50.2 Å². The second-order valence-corrected chi connectivity index (χ2v) is 7.34. The minimum atomic E-state index is -0.0335. The lowest BCUT2D eigenvalue weighted by atomic mass is 10.1. The van der Waals surface area contributed by atoms with Crippen LogP contribution in [0.3, 0.4) is 0 Å². The Morgan fingerprint density at radius 1 is 1.28 bits per heavy atom. The third-order valence-corrected chi connectivity index (χ3v) is 3.85. The van der Waals surface area contributed by atoms with Crippen molar-refractivity contribution in [2.75, 3.05) is 6.54 Å². The minimum absolute atomic E-state index is 0.0335. The number of rotatable bonds is 7. The van der Waals surface area contributed by atoms with Gasteiger partial charge >= 0.3 is 6.03 Å². The largest absolute Gasteiger partial charge is 0.336 e. The molecule has 1 N–H and O–H groups in total. The van der Waals surface area contributed by atoms with Crippen LogP contribution in [0.5, 0.6) is 0 Å². The third-order valence-electron chi connectivity index (χ3n) is 3.85. The second kappa shape index (κ2) is 8.70. The number of carbonyl (C=O) groups excluding carboxylic acids is 1. The Balaban J connectivity index is 2.14. The number of amides is 2. The lowest BCUT2D eigenvalue weighted by Crippen LogP contribution is -2.44. The van der Waals surface area contributed by atoms with Gasteiger partial charge in [0.2, 0.25) is 0 Å². The SMILES string of the molecule is Cc1cccc(Cn2ccnc2CN(CC(C)C)C(=O)NC(C)C)c1. The molecule has 0 spiro atoms. The fraction of sp³-hybridized carbons (Fsp3) is 0.500. The zero-order valence-electron chi connectivity index (χ0n) is 16.0. The van der Waals surface area contributed by atoms with Crippen LogP contribution in [-0.2, 0) is 13.1 Å². The highest BCUT2D eigenvalue weighted by molar-refractivity contribution is 5.74. The average Bonchev–Trinajstić information content (AvgIpc) is 2.92. The van der Waals surface area contributed by atoms with Gasteiger partial charge in [-0.3, -0.25) is 0 Å². The van der Waals surface area contributed by atoms with Crippen molar-refractivity contribution in [3.63, 3.8) is 0 Å². The van der Waals surface area contributed by atoms with E-state index in [1.54, 1.807) is 6.20 Å². The first-order chi connectivity index (χ1) is 11.8. The zero-order chi connectivity index (χ0) is 18.4. The fourth-order valence-corrected chi connectivity index (χ4v) is 2.81. The minimum Gasteiger partial charge on any atom is -0.336 e. The summed E-state index contributed by atoms with van der Waals surface area (Å²) in [5.41, 5.74) is 2.48. The molecule has 2 aromatic rings. The van der Waals surface area contributed by atoms with Crippen molar-refractivity contribution in [3.05, 3.63) is 53.6 Å². The molecular formula is C20H30N4O. The molecule has 136 valence electrons. The van der Waals surface area contributed by atoms with Gasteiger partial charge in [0.05, 0.1) is 6.54 Å². The standard InChI is InChI=1S/C20H30N4O/c1-15(2)12-24(20(25)22-16(3)4)14-19-21-9-10-23(19)13-18-8-6-7-17(5)11-18/h6-11,15-16H,12-14H2,1-5H3,(H,22,25). The van der Waals surface area contributed by atoms with E-state index in [1.165, 1.54) is 11.1 Å². The Morgan fingerprint density at radius 2 is 2.04 bits per heavy atom. The quantitative estimate of drug-likeness (QED) is 0.832.